The van der Waals surface area contributed by atoms with Crippen molar-refractivity contribution in [1.82, 2.24) is 0 Å². The van der Waals surface area contributed by atoms with Crippen LogP contribution in [-0.4, -0.2) is 46.0 Å². The van der Waals surface area contributed by atoms with E-state index in [1.165, 1.54) is 0 Å². The topological polar surface area (TPSA) is 74.8 Å². The van der Waals surface area contributed by atoms with Gasteiger partial charge in [0.15, 0.2) is 23.1 Å². The van der Waals surface area contributed by atoms with Gasteiger partial charge in [-0.3, -0.25) is 19.2 Å². The molecule has 2 fully saturated rings. The maximum absolute atomic E-state index is 14.2. The molecule has 4 heterocycles. The Balaban J connectivity index is 0.000000152. The van der Waals surface area contributed by atoms with Crippen LogP contribution in [0.5, 0.6) is 0 Å². The monoisotopic (exact) mass is 990 g/mol. The summed E-state index contributed by atoms with van der Waals surface area (Å²) in [4.78, 5) is 63.2. The van der Waals surface area contributed by atoms with Gasteiger partial charge in [-0.2, -0.15) is 0 Å². The number of ketones is 4. The number of carbonyl (C=O) groups is 4. The van der Waals surface area contributed by atoms with Gasteiger partial charge in [0.2, 0.25) is 0 Å². The SMILES string of the molecule is O=C(c1ccccc1)[C@@H]1[C@@H](c2ccc(Cl)cc2)[C@H](C(=O)c2ccccc2)N2c3ccccc3S[C@@H]12.O=C(c1ccccc1)[C@@H]1[C@@H](c2ccc(Cl)cc2)[C@H](C(=O)c2ccccc2)N2c3ccccc3S[C@@H]12. The van der Waals surface area contributed by atoms with Gasteiger partial charge in [-0.15, -0.1) is 0 Å². The van der Waals surface area contributed by atoms with Crippen molar-refractivity contribution in [1.29, 1.82) is 0 Å². The maximum atomic E-state index is 14.2. The van der Waals surface area contributed by atoms with Gasteiger partial charge in [-0.05, 0) is 59.7 Å². The van der Waals surface area contributed by atoms with Crippen LogP contribution in [0.3, 0.4) is 0 Å². The maximum Gasteiger partial charge on any atom is 0.185 e. The molecule has 0 spiro atoms. The molecular weight excluding hydrogens is 948 g/mol. The zero-order chi connectivity index (χ0) is 47.9. The summed E-state index contributed by atoms with van der Waals surface area (Å²) in [5, 5.41) is 0.893. The van der Waals surface area contributed by atoms with Crippen molar-refractivity contribution in [2.75, 3.05) is 9.80 Å². The highest BCUT2D eigenvalue weighted by Gasteiger charge is 2.60. The molecule has 10 heteroatoms. The number of hydrogen-bond acceptors (Lipinski definition) is 8. The highest BCUT2D eigenvalue weighted by atomic mass is 35.5. The number of nitrogens with zero attached hydrogens (tertiary/aromatic N) is 2. The van der Waals surface area contributed by atoms with E-state index in [1.54, 1.807) is 23.5 Å². The average molecular weight is 992 g/mol. The van der Waals surface area contributed by atoms with Crippen molar-refractivity contribution in [2.45, 2.75) is 44.5 Å². The molecule has 8 aromatic rings. The summed E-state index contributed by atoms with van der Waals surface area (Å²) in [6.45, 7) is 0. The fourth-order valence-corrected chi connectivity index (χ4v) is 14.1. The van der Waals surface area contributed by atoms with Gasteiger partial charge in [0.1, 0.15) is 12.1 Å². The van der Waals surface area contributed by atoms with E-state index in [4.69, 9.17) is 23.2 Å². The minimum Gasteiger partial charge on any atom is -0.346 e. The zero-order valence-corrected chi connectivity index (χ0v) is 40.6. The van der Waals surface area contributed by atoms with Gasteiger partial charge in [-0.1, -0.05) is 217 Å². The number of benzene rings is 8. The first-order valence-corrected chi connectivity index (χ1v) is 25.7. The number of thioether (sulfide) groups is 2. The second-order valence-corrected chi connectivity index (χ2v) is 21.0. The Morgan fingerprint density at radius 1 is 0.343 bits per heavy atom. The van der Waals surface area contributed by atoms with Gasteiger partial charge in [0, 0.05) is 53.9 Å². The van der Waals surface area contributed by atoms with Crippen LogP contribution in [-0.2, 0) is 0 Å². The van der Waals surface area contributed by atoms with E-state index in [1.807, 2.05) is 194 Å². The largest absolute Gasteiger partial charge is 0.346 e. The summed E-state index contributed by atoms with van der Waals surface area (Å²) < 4.78 is 0. The standard InChI is InChI=1S/2C30H22ClNO2S/c2*31-22-17-15-19(16-18-22)25-26(28(33)20-9-3-1-4-10-20)30-32(23-13-7-8-14-24(23)35-30)27(25)29(34)21-11-5-2-6-12-21/h2*1-18,25-27,30H/t2*25-,26+,27-,30+/m11/s1. The third kappa shape index (κ3) is 8.36. The predicted octanol–water partition coefficient (Wildman–Crippen LogP) is 14.3. The summed E-state index contributed by atoms with van der Waals surface area (Å²) in [5.74, 6) is -1.29. The first-order valence-electron chi connectivity index (χ1n) is 23.2. The second-order valence-electron chi connectivity index (χ2n) is 17.8. The summed E-state index contributed by atoms with van der Waals surface area (Å²) in [6.07, 6.45) is 0. The quantitative estimate of drug-likeness (QED) is 0.125. The molecule has 0 saturated carbocycles. The molecule has 8 atom stereocenters. The van der Waals surface area contributed by atoms with Crippen LogP contribution in [0.4, 0.5) is 11.4 Å². The highest BCUT2D eigenvalue weighted by molar-refractivity contribution is 8.00. The van der Waals surface area contributed by atoms with Crippen molar-refractivity contribution in [2.24, 2.45) is 11.8 Å². The van der Waals surface area contributed by atoms with Crippen LogP contribution in [0.1, 0.15) is 64.4 Å². The number of Topliss-reactive ketones (excluding diaryl/α,β-unsaturated/α-hetero) is 4. The normalized spacial score (nSPS) is 22.5. The first-order chi connectivity index (χ1) is 34.3. The third-order valence-electron chi connectivity index (χ3n) is 13.9. The van der Waals surface area contributed by atoms with Crippen LogP contribution >= 0.6 is 46.7 Å². The lowest BCUT2D eigenvalue weighted by molar-refractivity contribution is 0.0886. The number of hydrogen-bond donors (Lipinski definition) is 0. The molecule has 0 N–H and O–H groups in total. The molecule has 0 aliphatic carbocycles. The Morgan fingerprint density at radius 2 is 0.629 bits per heavy atom. The van der Waals surface area contributed by atoms with Crippen molar-refractivity contribution in [3.63, 3.8) is 0 Å². The van der Waals surface area contributed by atoms with Gasteiger partial charge < -0.3 is 9.80 Å². The smallest absolute Gasteiger partial charge is 0.185 e. The molecule has 0 amide bonds. The Hall–Kier alpha value is -6.68. The lowest BCUT2D eigenvalue weighted by Gasteiger charge is -2.28. The molecule has 4 aliphatic heterocycles. The van der Waals surface area contributed by atoms with Crippen LogP contribution in [0.2, 0.25) is 10.0 Å². The third-order valence-corrected chi connectivity index (χ3v) is 17.1. The Bertz CT molecular complexity index is 3000. The number of para-hydroxylation sites is 2. The van der Waals surface area contributed by atoms with E-state index in [2.05, 4.69) is 34.1 Å². The molecular formula is C60H44Cl2N2O4S2. The molecule has 0 radical (unpaired) electrons. The van der Waals surface area contributed by atoms with Gasteiger partial charge in [0.05, 0.1) is 34.0 Å². The number of carbonyl (C=O) groups excluding carboxylic acids is 4. The fourth-order valence-electron chi connectivity index (χ4n) is 10.8. The van der Waals surface area contributed by atoms with Crippen molar-refractivity contribution in [3.05, 3.63) is 262 Å². The van der Waals surface area contributed by atoms with Gasteiger partial charge in [0.25, 0.3) is 0 Å². The molecule has 6 nitrogen and oxygen atoms in total. The fraction of sp³-hybridized carbons (Fsp3) is 0.133. The van der Waals surface area contributed by atoms with Gasteiger partial charge >= 0.3 is 0 Å². The molecule has 70 heavy (non-hydrogen) atoms. The molecule has 344 valence electrons. The predicted molar refractivity (Wildman–Crippen MR) is 283 cm³/mol. The minimum absolute atomic E-state index is 0.0243. The van der Waals surface area contributed by atoms with E-state index in [-0.39, 0.29) is 45.7 Å². The molecule has 4 aliphatic rings. The van der Waals surface area contributed by atoms with Crippen LogP contribution in [0.15, 0.2) is 228 Å². The van der Waals surface area contributed by atoms with Gasteiger partial charge in [-0.25, -0.2) is 0 Å². The van der Waals surface area contributed by atoms with E-state index in [9.17, 15) is 19.2 Å². The molecule has 0 aromatic heterocycles. The van der Waals surface area contributed by atoms with Crippen molar-refractivity contribution < 1.29 is 19.2 Å². The Kier molecular flexibility index (Phi) is 12.8. The highest BCUT2D eigenvalue weighted by Crippen LogP contribution is 2.59. The van der Waals surface area contributed by atoms with Crippen molar-refractivity contribution in [3.8, 4) is 0 Å². The van der Waals surface area contributed by atoms with E-state index in [0.29, 0.717) is 32.3 Å². The van der Waals surface area contributed by atoms with E-state index >= 15 is 0 Å². The summed E-state index contributed by atoms with van der Waals surface area (Å²) in [7, 11) is 0. The summed E-state index contributed by atoms with van der Waals surface area (Å²) in [6, 6.07) is 68.1. The molecule has 2 saturated heterocycles. The first kappa shape index (κ1) is 45.7. The van der Waals surface area contributed by atoms with Crippen molar-refractivity contribution >= 4 is 81.2 Å². The number of rotatable bonds is 10. The Labute approximate surface area is 425 Å². The lowest BCUT2D eigenvalue weighted by Crippen LogP contribution is -2.40. The summed E-state index contributed by atoms with van der Waals surface area (Å²) in [5.41, 5.74) is 6.56. The zero-order valence-electron chi connectivity index (χ0n) is 37.5. The molecule has 0 bridgehead atoms. The van der Waals surface area contributed by atoms with E-state index in [0.717, 1.165) is 32.3 Å². The van der Waals surface area contributed by atoms with E-state index < -0.39 is 23.9 Å². The lowest BCUT2D eigenvalue weighted by atomic mass is 9.78. The second kappa shape index (κ2) is 19.6. The summed E-state index contributed by atoms with van der Waals surface area (Å²) >= 11 is 15.8. The minimum atomic E-state index is -0.516. The van der Waals surface area contributed by atoms with Crippen LogP contribution < -0.4 is 9.80 Å². The van der Waals surface area contributed by atoms with Crippen LogP contribution in [0, 0.1) is 11.8 Å². The van der Waals surface area contributed by atoms with Crippen LogP contribution in [0.25, 0.3) is 0 Å². The average Bonchev–Trinajstić information content (AvgIpc) is 4.16. The molecule has 0 unspecified atom stereocenters. The number of anilines is 2. The number of fused-ring (bicyclic) bond motifs is 6. The number of halogens is 2. The Morgan fingerprint density at radius 3 is 0.957 bits per heavy atom. The molecule has 12 rings (SSSR count). The molecule has 8 aromatic carbocycles.